The third-order valence-corrected chi connectivity index (χ3v) is 4.75. The van der Waals surface area contributed by atoms with Crippen molar-refractivity contribution in [3.05, 3.63) is 87.6 Å². The van der Waals surface area contributed by atoms with Gasteiger partial charge in [-0.15, -0.1) is 0 Å². The number of aromatic nitrogens is 2. The number of amides is 2. The maximum Gasteiger partial charge on any atom is 0.338 e. The van der Waals surface area contributed by atoms with E-state index in [0.29, 0.717) is 22.4 Å². The fourth-order valence-corrected chi connectivity index (χ4v) is 3.28. The number of imidazole rings is 1. The fourth-order valence-electron chi connectivity index (χ4n) is 3.28. The SMILES string of the molecule is Cc1c[nH]c(=O)n1-c1ccc(C(=O)OCCN2C(=O)c3ccccc3C2=O)cc1. The first-order chi connectivity index (χ1) is 14.0. The molecule has 2 amide bonds. The van der Waals surface area contributed by atoms with Crippen LogP contribution in [0.5, 0.6) is 0 Å². The minimum absolute atomic E-state index is 0.0197. The first-order valence-electron chi connectivity index (χ1n) is 8.97. The summed E-state index contributed by atoms with van der Waals surface area (Å²) in [7, 11) is 0. The smallest absolute Gasteiger partial charge is 0.338 e. The Labute approximate surface area is 165 Å². The van der Waals surface area contributed by atoms with Crippen LogP contribution in [0, 0.1) is 6.92 Å². The molecule has 146 valence electrons. The molecule has 3 aromatic rings. The van der Waals surface area contributed by atoms with Gasteiger partial charge in [-0.2, -0.15) is 0 Å². The van der Waals surface area contributed by atoms with Crippen LogP contribution in [-0.4, -0.2) is 45.4 Å². The lowest BCUT2D eigenvalue weighted by atomic mass is 10.1. The topological polar surface area (TPSA) is 101 Å². The van der Waals surface area contributed by atoms with E-state index in [9.17, 15) is 19.2 Å². The lowest BCUT2D eigenvalue weighted by molar-refractivity contribution is 0.0420. The van der Waals surface area contributed by atoms with Gasteiger partial charge in [0.25, 0.3) is 11.8 Å². The Kier molecular flexibility index (Phi) is 4.59. The van der Waals surface area contributed by atoms with E-state index in [1.165, 1.54) is 4.57 Å². The lowest BCUT2D eigenvalue weighted by Crippen LogP contribution is -2.33. The van der Waals surface area contributed by atoms with Gasteiger partial charge in [-0.05, 0) is 43.3 Å². The Morgan fingerprint density at radius 1 is 0.966 bits per heavy atom. The molecule has 1 aliphatic rings. The van der Waals surface area contributed by atoms with Crippen molar-refractivity contribution in [1.29, 1.82) is 0 Å². The van der Waals surface area contributed by atoms with Gasteiger partial charge in [0.2, 0.25) is 0 Å². The van der Waals surface area contributed by atoms with E-state index in [1.54, 1.807) is 61.7 Å². The summed E-state index contributed by atoms with van der Waals surface area (Å²) in [6.07, 6.45) is 1.60. The van der Waals surface area contributed by atoms with Crippen LogP contribution in [0.15, 0.2) is 59.5 Å². The van der Waals surface area contributed by atoms with E-state index in [1.807, 2.05) is 0 Å². The summed E-state index contributed by atoms with van der Waals surface area (Å²) < 4.78 is 6.69. The molecule has 4 rings (SSSR count). The lowest BCUT2D eigenvalue weighted by Gasteiger charge is -2.14. The summed E-state index contributed by atoms with van der Waals surface area (Å²) in [5, 5.41) is 0. The number of ether oxygens (including phenoxy) is 1. The Hall–Kier alpha value is -3.94. The fraction of sp³-hybridized carbons (Fsp3) is 0.143. The molecule has 0 fully saturated rings. The minimum atomic E-state index is -0.578. The Morgan fingerprint density at radius 2 is 1.59 bits per heavy atom. The highest BCUT2D eigenvalue weighted by Crippen LogP contribution is 2.22. The van der Waals surface area contributed by atoms with Crippen LogP contribution in [0.2, 0.25) is 0 Å². The maximum atomic E-state index is 12.3. The van der Waals surface area contributed by atoms with Crippen molar-refractivity contribution in [1.82, 2.24) is 14.5 Å². The monoisotopic (exact) mass is 391 g/mol. The molecule has 0 saturated carbocycles. The normalized spacial score (nSPS) is 12.9. The summed E-state index contributed by atoms with van der Waals surface area (Å²) in [5.74, 6) is -1.36. The largest absolute Gasteiger partial charge is 0.460 e. The van der Waals surface area contributed by atoms with Gasteiger partial charge in [0, 0.05) is 11.9 Å². The van der Waals surface area contributed by atoms with Crippen LogP contribution in [0.3, 0.4) is 0 Å². The molecular formula is C21H17N3O5. The number of carbonyl (C=O) groups excluding carboxylic acids is 3. The summed E-state index contributed by atoms with van der Waals surface area (Å²) in [5.41, 5.74) is 2.11. The third kappa shape index (κ3) is 3.25. The van der Waals surface area contributed by atoms with Crippen molar-refractivity contribution in [2.24, 2.45) is 0 Å². The Balaban J connectivity index is 1.38. The maximum absolute atomic E-state index is 12.3. The number of hydrogen-bond donors (Lipinski definition) is 1. The van der Waals surface area contributed by atoms with Gasteiger partial charge < -0.3 is 9.72 Å². The van der Waals surface area contributed by atoms with E-state index in [2.05, 4.69) is 4.98 Å². The van der Waals surface area contributed by atoms with Crippen LogP contribution in [0.4, 0.5) is 0 Å². The highest BCUT2D eigenvalue weighted by Gasteiger charge is 2.34. The average molecular weight is 391 g/mol. The van der Waals surface area contributed by atoms with Gasteiger partial charge in [-0.3, -0.25) is 19.1 Å². The Morgan fingerprint density at radius 3 is 2.14 bits per heavy atom. The molecule has 8 nitrogen and oxygen atoms in total. The zero-order valence-corrected chi connectivity index (χ0v) is 15.5. The molecule has 1 aliphatic heterocycles. The quantitative estimate of drug-likeness (QED) is 0.529. The van der Waals surface area contributed by atoms with Gasteiger partial charge in [0.15, 0.2) is 0 Å². The molecule has 0 aliphatic carbocycles. The van der Waals surface area contributed by atoms with Crippen LogP contribution in [-0.2, 0) is 4.74 Å². The third-order valence-electron chi connectivity index (χ3n) is 4.75. The number of hydrogen-bond acceptors (Lipinski definition) is 5. The van der Waals surface area contributed by atoms with E-state index >= 15 is 0 Å². The van der Waals surface area contributed by atoms with Crippen molar-refractivity contribution in [3.63, 3.8) is 0 Å². The summed E-state index contributed by atoms with van der Waals surface area (Å²) in [6, 6.07) is 13.0. The van der Waals surface area contributed by atoms with Crippen molar-refractivity contribution in [2.75, 3.05) is 13.2 Å². The van der Waals surface area contributed by atoms with E-state index in [-0.39, 0.29) is 18.8 Å². The predicted octanol–water partition coefficient (Wildman–Crippen LogP) is 1.93. The second-order valence-electron chi connectivity index (χ2n) is 6.56. The van der Waals surface area contributed by atoms with Crippen LogP contribution < -0.4 is 5.69 Å². The van der Waals surface area contributed by atoms with Crippen LogP contribution >= 0.6 is 0 Å². The number of fused-ring (bicyclic) bond motifs is 1. The van der Waals surface area contributed by atoms with Gasteiger partial charge in [-0.25, -0.2) is 9.59 Å². The molecule has 0 saturated heterocycles. The first kappa shape index (κ1) is 18.4. The highest BCUT2D eigenvalue weighted by molar-refractivity contribution is 6.21. The molecule has 2 aromatic carbocycles. The number of H-pyrrole nitrogens is 1. The van der Waals surface area contributed by atoms with Gasteiger partial charge in [-0.1, -0.05) is 12.1 Å². The first-order valence-corrected chi connectivity index (χ1v) is 8.97. The van der Waals surface area contributed by atoms with Gasteiger partial charge in [0.05, 0.1) is 28.9 Å². The van der Waals surface area contributed by atoms with Crippen LogP contribution in [0.1, 0.15) is 36.8 Å². The number of aryl methyl sites for hydroxylation is 1. The summed E-state index contributed by atoms with van der Waals surface area (Å²) in [4.78, 5) is 52.3. The number of nitrogens with zero attached hydrogens (tertiary/aromatic N) is 2. The van der Waals surface area contributed by atoms with E-state index in [0.717, 1.165) is 10.6 Å². The second-order valence-corrected chi connectivity index (χ2v) is 6.56. The number of nitrogens with one attached hydrogen (secondary N) is 1. The summed E-state index contributed by atoms with van der Waals surface area (Å²) in [6.45, 7) is 1.66. The molecule has 1 N–H and O–H groups in total. The molecule has 0 radical (unpaired) electrons. The van der Waals surface area contributed by atoms with Crippen molar-refractivity contribution in [2.45, 2.75) is 6.92 Å². The molecule has 0 spiro atoms. The standard InChI is InChI=1S/C21H17N3O5/c1-13-12-22-21(28)24(13)15-8-6-14(7-9-15)20(27)29-11-10-23-18(25)16-4-2-3-5-17(16)19(23)26/h2-9,12H,10-11H2,1H3,(H,22,28). The number of benzene rings is 2. The number of esters is 1. The zero-order valence-electron chi connectivity index (χ0n) is 15.5. The number of imide groups is 1. The molecule has 29 heavy (non-hydrogen) atoms. The highest BCUT2D eigenvalue weighted by atomic mass is 16.5. The molecule has 0 unspecified atom stereocenters. The zero-order chi connectivity index (χ0) is 20.5. The average Bonchev–Trinajstić information content (AvgIpc) is 3.19. The van der Waals surface area contributed by atoms with Crippen LogP contribution in [0.25, 0.3) is 5.69 Å². The molecule has 2 heterocycles. The van der Waals surface area contributed by atoms with Crippen molar-refractivity contribution in [3.8, 4) is 5.69 Å². The number of aromatic amines is 1. The molecule has 1 aromatic heterocycles. The molecule has 0 atom stereocenters. The summed E-state index contributed by atoms with van der Waals surface area (Å²) >= 11 is 0. The molecule has 0 bridgehead atoms. The van der Waals surface area contributed by atoms with Gasteiger partial charge >= 0.3 is 11.7 Å². The second kappa shape index (κ2) is 7.23. The van der Waals surface area contributed by atoms with Gasteiger partial charge in [0.1, 0.15) is 6.61 Å². The Bertz CT molecular complexity index is 1140. The molecular weight excluding hydrogens is 374 g/mol. The van der Waals surface area contributed by atoms with Crippen molar-refractivity contribution >= 4 is 17.8 Å². The number of rotatable bonds is 5. The van der Waals surface area contributed by atoms with Crippen molar-refractivity contribution < 1.29 is 19.1 Å². The number of carbonyl (C=O) groups is 3. The predicted molar refractivity (Wildman–Crippen MR) is 103 cm³/mol. The van der Waals surface area contributed by atoms with E-state index < -0.39 is 17.8 Å². The minimum Gasteiger partial charge on any atom is -0.460 e. The molecule has 8 heteroatoms. The van der Waals surface area contributed by atoms with E-state index in [4.69, 9.17) is 4.74 Å².